The van der Waals surface area contributed by atoms with E-state index in [2.05, 4.69) is 10.3 Å². The molecule has 0 unspecified atom stereocenters. The van der Waals surface area contributed by atoms with Crippen LogP contribution in [0, 0.1) is 6.92 Å². The minimum absolute atomic E-state index is 0.675. The van der Waals surface area contributed by atoms with Crippen molar-refractivity contribution in [1.82, 2.24) is 10.3 Å². The Balaban J connectivity index is 1.73. The third-order valence-electron chi connectivity index (χ3n) is 3.48. The van der Waals surface area contributed by atoms with Crippen LogP contribution in [0.25, 0.3) is 0 Å². The topological polar surface area (TPSA) is 43.4 Å². The third kappa shape index (κ3) is 3.73. The van der Waals surface area contributed by atoms with Crippen molar-refractivity contribution in [3.8, 4) is 17.2 Å². The number of methoxy groups -OCH3 is 1. The Kier molecular flexibility index (Phi) is 4.06. The summed E-state index contributed by atoms with van der Waals surface area (Å²) in [6.45, 7) is 2.81. The first-order valence-electron chi connectivity index (χ1n) is 7.25. The highest BCUT2D eigenvalue weighted by Gasteiger charge is 2.20. The molecule has 1 aromatic carbocycles. The highest BCUT2D eigenvalue weighted by Crippen LogP contribution is 2.32. The van der Waals surface area contributed by atoms with Gasteiger partial charge >= 0.3 is 0 Å². The minimum atomic E-state index is 0.675. The number of ether oxygens (including phenoxy) is 2. The van der Waals surface area contributed by atoms with Crippen LogP contribution in [0.1, 0.15) is 24.1 Å². The molecule has 2 aromatic rings. The maximum absolute atomic E-state index is 5.93. The van der Waals surface area contributed by atoms with Gasteiger partial charge in [0.05, 0.1) is 12.8 Å². The second-order valence-electron chi connectivity index (χ2n) is 5.39. The first kappa shape index (κ1) is 13.9. The highest BCUT2D eigenvalue weighted by atomic mass is 16.5. The summed E-state index contributed by atoms with van der Waals surface area (Å²) in [4.78, 5) is 4.36. The zero-order chi connectivity index (χ0) is 14.7. The molecule has 1 saturated carbocycles. The van der Waals surface area contributed by atoms with E-state index in [1.54, 1.807) is 13.3 Å². The fourth-order valence-electron chi connectivity index (χ4n) is 2.14. The van der Waals surface area contributed by atoms with E-state index in [-0.39, 0.29) is 0 Å². The van der Waals surface area contributed by atoms with Crippen molar-refractivity contribution in [2.24, 2.45) is 0 Å². The Bertz CT molecular complexity index is 624. The summed E-state index contributed by atoms with van der Waals surface area (Å²) in [6, 6.07) is 10.4. The molecule has 1 heterocycles. The lowest BCUT2D eigenvalue weighted by Crippen LogP contribution is -2.16. The number of hydrogen-bond donors (Lipinski definition) is 1. The van der Waals surface area contributed by atoms with Gasteiger partial charge in [0.1, 0.15) is 5.75 Å². The van der Waals surface area contributed by atoms with E-state index in [0.717, 1.165) is 35.1 Å². The van der Waals surface area contributed by atoms with Gasteiger partial charge in [0.2, 0.25) is 0 Å². The molecule has 110 valence electrons. The number of rotatable bonds is 6. The maximum Gasteiger partial charge on any atom is 0.169 e. The lowest BCUT2D eigenvalue weighted by Gasteiger charge is -2.11. The normalized spacial score (nSPS) is 14.0. The summed E-state index contributed by atoms with van der Waals surface area (Å²) in [7, 11) is 1.65. The molecule has 0 spiro atoms. The summed E-state index contributed by atoms with van der Waals surface area (Å²) in [5.41, 5.74) is 2.13. The van der Waals surface area contributed by atoms with Gasteiger partial charge in [0, 0.05) is 24.8 Å². The number of aryl methyl sites for hydroxylation is 1. The molecular formula is C17H20N2O2. The predicted octanol–water partition coefficient (Wildman–Crippen LogP) is 3.44. The van der Waals surface area contributed by atoms with Crippen molar-refractivity contribution in [1.29, 1.82) is 0 Å². The van der Waals surface area contributed by atoms with Gasteiger partial charge in [0.15, 0.2) is 11.5 Å². The van der Waals surface area contributed by atoms with Gasteiger partial charge < -0.3 is 14.8 Å². The number of pyridine rings is 1. The van der Waals surface area contributed by atoms with Crippen LogP contribution in [-0.4, -0.2) is 18.1 Å². The van der Waals surface area contributed by atoms with Crippen LogP contribution in [0.4, 0.5) is 0 Å². The molecule has 0 bridgehead atoms. The Morgan fingerprint density at radius 2 is 2.05 bits per heavy atom. The molecule has 0 radical (unpaired) electrons. The van der Waals surface area contributed by atoms with Crippen LogP contribution in [0.5, 0.6) is 17.2 Å². The Morgan fingerprint density at radius 3 is 2.81 bits per heavy atom. The van der Waals surface area contributed by atoms with Crippen LogP contribution in [-0.2, 0) is 6.54 Å². The molecule has 4 heteroatoms. The van der Waals surface area contributed by atoms with E-state index in [0.29, 0.717) is 6.04 Å². The minimum Gasteiger partial charge on any atom is -0.493 e. The van der Waals surface area contributed by atoms with E-state index >= 15 is 0 Å². The van der Waals surface area contributed by atoms with Crippen molar-refractivity contribution < 1.29 is 9.47 Å². The van der Waals surface area contributed by atoms with E-state index in [1.807, 2.05) is 37.3 Å². The summed E-state index contributed by atoms with van der Waals surface area (Å²) in [6.07, 6.45) is 4.33. The second-order valence-corrected chi connectivity index (χ2v) is 5.39. The van der Waals surface area contributed by atoms with Crippen LogP contribution >= 0.6 is 0 Å². The average molecular weight is 284 g/mol. The molecule has 1 aliphatic rings. The van der Waals surface area contributed by atoms with E-state index < -0.39 is 0 Å². The molecular weight excluding hydrogens is 264 g/mol. The fraction of sp³-hybridized carbons (Fsp3) is 0.353. The fourth-order valence-corrected chi connectivity index (χ4v) is 2.14. The first-order chi connectivity index (χ1) is 10.2. The van der Waals surface area contributed by atoms with E-state index in [4.69, 9.17) is 9.47 Å². The summed E-state index contributed by atoms with van der Waals surface area (Å²) in [5.74, 6) is 2.24. The van der Waals surface area contributed by atoms with Crippen LogP contribution in [0.2, 0.25) is 0 Å². The number of nitrogens with zero attached hydrogens (tertiary/aromatic N) is 1. The van der Waals surface area contributed by atoms with Crippen molar-refractivity contribution in [2.45, 2.75) is 32.4 Å². The van der Waals surface area contributed by atoms with Crippen molar-refractivity contribution >= 4 is 0 Å². The molecule has 1 aliphatic carbocycles. The smallest absolute Gasteiger partial charge is 0.169 e. The molecule has 4 nitrogen and oxygen atoms in total. The first-order valence-corrected chi connectivity index (χ1v) is 7.25. The lowest BCUT2D eigenvalue weighted by atomic mass is 10.2. The van der Waals surface area contributed by atoms with Gasteiger partial charge in [-0.1, -0.05) is 6.07 Å². The lowest BCUT2D eigenvalue weighted by molar-refractivity contribution is 0.378. The van der Waals surface area contributed by atoms with Crippen LogP contribution in [0.15, 0.2) is 36.5 Å². The SMILES string of the molecule is COc1cc(C)ccc1Oc1ccnc(CNC2CC2)c1. The van der Waals surface area contributed by atoms with Crippen LogP contribution in [0.3, 0.4) is 0 Å². The van der Waals surface area contributed by atoms with Crippen LogP contribution < -0.4 is 14.8 Å². The van der Waals surface area contributed by atoms with Gasteiger partial charge in [-0.3, -0.25) is 4.98 Å². The summed E-state index contributed by atoms with van der Waals surface area (Å²) < 4.78 is 11.3. The highest BCUT2D eigenvalue weighted by molar-refractivity contribution is 5.45. The Labute approximate surface area is 125 Å². The standard InChI is InChI=1S/C17H20N2O2/c1-12-3-6-16(17(9-12)20-2)21-15-7-8-18-14(10-15)11-19-13-4-5-13/h3,6-10,13,19H,4-5,11H2,1-2H3. The molecule has 0 atom stereocenters. The molecule has 0 saturated heterocycles. The molecule has 1 aromatic heterocycles. The molecule has 1 N–H and O–H groups in total. The van der Waals surface area contributed by atoms with Gasteiger partial charge in [-0.05, 0) is 43.5 Å². The van der Waals surface area contributed by atoms with Gasteiger partial charge in [-0.15, -0.1) is 0 Å². The van der Waals surface area contributed by atoms with Gasteiger partial charge in [0.25, 0.3) is 0 Å². The second kappa shape index (κ2) is 6.14. The largest absolute Gasteiger partial charge is 0.493 e. The molecule has 3 rings (SSSR count). The quantitative estimate of drug-likeness (QED) is 0.882. The summed E-state index contributed by atoms with van der Waals surface area (Å²) in [5, 5.41) is 3.45. The average Bonchev–Trinajstić information content (AvgIpc) is 3.32. The molecule has 21 heavy (non-hydrogen) atoms. The number of benzene rings is 1. The van der Waals surface area contributed by atoms with E-state index in [9.17, 15) is 0 Å². The molecule has 1 fully saturated rings. The van der Waals surface area contributed by atoms with E-state index in [1.165, 1.54) is 12.8 Å². The van der Waals surface area contributed by atoms with Crippen molar-refractivity contribution in [2.75, 3.05) is 7.11 Å². The van der Waals surface area contributed by atoms with Crippen molar-refractivity contribution in [3.63, 3.8) is 0 Å². The predicted molar refractivity (Wildman–Crippen MR) is 81.9 cm³/mol. The number of aromatic nitrogens is 1. The maximum atomic E-state index is 5.93. The Hall–Kier alpha value is -2.07. The number of nitrogens with one attached hydrogen (secondary N) is 1. The summed E-state index contributed by atoms with van der Waals surface area (Å²) >= 11 is 0. The third-order valence-corrected chi connectivity index (χ3v) is 3.48. The van der Waals surface area contributed by atoms with Crippen molar-refractivity contribution in [3.05, 3.63) is 47.8 Å². The Morgan fingerprint density at radius 1 is 1.19 bits per heavy atom. The molecule has 0 amide bonds. The number of hydrogen-bond acceptors (Lipinski definition) is 4. The van der Waals surface area contributed by atoms with Gasteiger partial charge in [-0.2, -0.15) is 0 Å². The monoisotopic (exact) mass is 284 g/mol. The van der Waals surface area contributed by atoms with Gasteiger partial charge in [-0.25, -0.2) is 0 Å². The zero-order valence-electron chi connectivity index (χ0n) is 12.4. The zero-order valence-corrected chi connectivity index (χ0v) is 12.4. The molecule has 0 aliphatic heterocycles.